The Balaban J connectivity index is 1.50. The van der Waals surface area contributed by atoms with E-state index in [1.807, 2.05) is 12.1 Å². The molecule has 0 saturated carbocycles. The second-order valence-electron chi connectivity index (χ2n) is 5.94. The molecule has 1 N–H and O–H groups in total. The molecule has 6 heteroatoms. The van der Waals surface area contributed by atoms with Crippen molar-refractivity contribution >= 4 is 22.8 Å². The first-order valence-electron chi connectivity index (χ1n) is 7.78. The fourth-order valence-electron chi connectivity index (χ4n) is 3.42. The molecule has 5 heterocycles. The SMILES string of the molecule is CN=C(Nc1nccc2occc12)O[C@H]1CN2CCC1CC2. The summed E-state index contributed by atoms with van der Waals surface area (Å²) in [6.45, 7) is 3.40. The molecule has 0 radical (unpaired) electrons. The Labute approximate surface area is 129 Å². The predicted octanol–water partition coefficient (Wildman–Crippen LogP) is 2.34. The van der Waals surface area contributed by atoms with E-state index in [2.05, 4.69) is 20.2 Å². The van der Waals surface area contributed by atoms with Gasteiger partial charge in [-0.25, -0.2) is 9.98 Å². The minimum Gasteiger partial charge on any atom is -0.464 e. The number of ether oxygens (including phenoxy) is 1. The average molecular weight is 300 g/mol. The molecular formula is C16H20N4O2. The van der Waals surface area contributed by atoms with Crippen LogP contribution in [0.15, 0.2) is 34.0 Å². The van der Waals surface area contributed by atoms with Gasteiger partial charge in [0.25, 0.3) is 6.02 Å². The Kier molecular flexibility index (Phi) is 3.46. The number of rotatable bonds is 2. The van der Waals surface area contributed by atoms with E-state index in [-0.39, 0.29) is 6.10 Å². The van der Waals surface area contributed by atoms with Crippen LogP contribution in [0.25, 0.3) is 11.0 Å². The van der Waals surface area contributed by atoms with E-state index in [1.54, 1.807) is 19.5 Å². The molecule has 22 heavy (non-hydrogen) atoms. The van der Waals surface area contributed by atoms with Crippen LogP contribution in [0.3, 0.4) is 0 Å². The van der Waals surface area contributed by atoms with E-state index in [1.165, 1.54) is 25.9 Å². The topological polar surface area (TPSA) is 62.9 Å². The molecule has 2 aromatic heterocycles. The fourth-order valence-corrected chi connectivity index (χ4v) is 3.42. The Morgan fingerprint density at radius 2 is 2.27 bits per heavy atom. The normalized spacial score (nSPS) is 28.0. The van der Waals surface area contributed by atoms with Gasteiger partial charge in [-0.3, -0.25) is 10.2 Å². The van der Waals surface area contributed by atoms with Crippen molar-refractivity contribution in [2.24, 2.45) is 10.9 Å². The van der Waals surface area contributed by atoms with Crippen LogP contribution in [0.2, 0.25) is 0 Å². The lowest BCUT2D eigenvalue weighted by Gasteiger charge is -2.44. The van der Waals surface area contributed by atoms with Crippen molar-refractivity contribution in [3.63, 3.8) is 0 Å². The molecule has 3 aliphatic rings. The largest absolute Gasteiger partial charge is 0.464 e. The molecule has 116 valence electrons. The predicted molar refractivity (Wildman–Crippen MR) is 85.0 cm³/mol. The summed E-state index contributed by atoms with van der Waals surface area (Å²) in [7, 11) is 1.74. The van der Waals surface area contributed by atoms with Gasteiger partial charge in [-0.1, -0.05) is 0 Å². The monoisotopic (exact) mass is 300 g/mol. The molecule has 0 aliphatic carbocycles. The van der Waals surface area contributed by atoms with Gasteiger partial charge < -0.3 is 9.15 Å². The summed E-state index contributed by atoms with van der Waals surface area (Å²) in [5, 5.41) is 4.13. The van der Waals surface area contributed by atoms with Gasteiger partial charge in [0.1, 0.15) is 17.5 Å². The van der Waals surface area contributed by atoms with Gasteiger partial charge in [-0.15, -0.1) is 0 Å². The van der Waals surface area contributed by atoms with Crippen LogP contribution in [-0.4, -0.2) is 48.7 Å². The molecule has 0 spiro atoms. The molecule has 0 unspecified atom stereocenters. The van der Waals surface area contributed by atoms with Crippen molar-refractivity contribution in [1.29, 1.82) is 0 Å². The van der Waals surface area contributed by atoms with Gasteiger partial charge in [0, 0.05) is 19.8 Å². The van der Waals surface area contributed by atoms with Crippen LogP contribution in [0.5, 0.6) is 0 Å². The number of anilines is 1. The standard InChI is InChI=1S/C16H20N4O2/c1-17-16(22-14-10-20-7-3-11(14)4-8-20)19-15-12-5-9-21-13(12)2-6-18-15/h2,5-6,9,11,14H,3-4,7-8,10H2,1H3,(H,17,18,19)/t14-/m0/s1. The van der Waals surface area contributed by atoms with Crippen molar-refractivity contribution < 1.29 is 9.15 Å². The van der Waals surface area contributed by atoms with Crippen LogP contribution < -0.4 is 5.32 Å². The highest BCUT2D eigenvalue weighted by molar-refractivity contribution is 5.97. The molecule has 3 saturated heterocycles. The first kappa shape index (κ1) is 13.6. The third-order valence-electron chi connectivity index (χ3n) is 4.67. The number of nitrogens with zero attached hydrogens (tertiary/aromatic N) is 3. The van der Waals surface area contributed by atoms with E-state index in [9.17, 15) is 0 Å². The van der Waals surface area contributed by atoms with E-state index < -0.39 is 0 Å². The molecule has 2 bridgehead atoms. The third-order valence-corrected chi connectivity index (χ3v) is 4.67. The van der Waals surface area contributed by atoms with Gasteiger partial charge in [0.15, 0.2) is 0 Å². The Morgan fingerprint density at radius 1 is 1.41 bits per heavy atom. The van der Waals surface area contributed by atoms with Crippen molar-refractivity contribution in [3.8, 4) is 0 Å². The highest BCUT2D eigenvalue weighted by Gasteiger charge is 2.36. The van der Waals surface area contributed by atoms with Crippen LogP contribution in [0.4, 0.5) is 5.82 Å². The van der Waals surface area contributed by atoms with Crippen molar-refractivity contribution in [1.82, 2.24) is 9.88 Å². The summed E-state index contributed by atoms with van der Waals surface area (Å²) in [5.41, 5.74) is 0.802. The number of piperidine rings is 3. The molecule has 0 amide bonds. The van der Waals surface area contributed by atoms with Gasteiger partial charge in [-0.2, -0.15) is 0 Å². The van der Waals surface area contributed by atoms with E-state index in [0.29, 0.717) is 17.8 Å². The van der Waals surface area contributed by atoms with Crippen LogP contribution in [0, 0.1) is 5.92 Å². The maximum absolute atomic E-state index is 6.13. The van der Waals surface area contributed by atoms with Gasteiger partial charge >= 0.3 is 0 Å². The summed E-state index contributed by atoms with van der Waals surface area (Å²) in [6, 6.07) is 4.27. The fraction of sp³-hybridized carbons (Fsp3) is 0.500. The lowest BCUT2D eigenvalue weighted by Crippen LogP contribution is -2.52. The molecule has 2 aromatic rings. The smallest absolute Gasteiger partial charge is 0.290 e. The number of fused-ring (bicyclic) bond motifs is 4. The van der Waals surface area contributed by atoms with Gasteiger partial charge in [0.05, 0.1) is 11.6 Å². The first-order valence-corrected chi connectivity index (χ1v) is 7.78. The zero-order valence-electron chi connectivity index (χ0n) is 12.7. The lowest BCUT2D eigenvalue weighted by molar-refractivity contribution is -0.0146. The summed E-state index contributed by atoms with van der Waals surface area (Å²) in [6.07, 6.45) is 6.04. The zero-order valence-corrected chi connectivity index (χ0v) is 12.7. The minimum absolute atomic E-state index is 0.220. The first-order chi connectivity index (χ1) is 10.8. The summed E-state index contributed by atoms with van der Waals surface area (Å²) < 4.78 is 11.5. The molecule has 1 atom stereocenters. The molecule has 6 nitrogen and oxygen atoms in total. The Hall–Kier alpha value is -2.08. The number of furan rings is 1. The van der Waals surface area contributed by atoms with Crippen LogP contribution >= 0.6 is 0 Å². The van der Waals surface area contributed by atoms with E-state index in [0.717, 1.165) is 17.5 Å². The second-order valence-corrected chi connectivity index (χ2v) is 5.94. The molecule has 0 aromatic carbocycles. The number of aromatic nitrogens is 1. The quantitative estimate of drug-likeness (QED) is 0.681. The Bertz CT molecular complexity index is 688. The average Bonchev–Trinajstić information content (AvgIpc) is 3.05. The van der Waals surface area contributed by atoms with Crippen molar-refractivity contribution in [3.05, 3.63) is 24.6 Å². The number of aliphatic imine (C=N–C) groups is 1. The van der Waals surface area contributed by atoms with E-state index >= 15 is 0 Å². The third kappa shape index (κ3) is 2.43. The van der Waals surface area contributed by atoms with Gasteiger partial charge in [0.2, 0.25) is 0 Å². The van der Waals surface area contributed by atoms with Gasteiger partial charge in [-0.05, 0) is 44.0 Å². The summed E-state index contributed by atoms with van der Waals surface area (Å²) in [5.74, 6) is 1.36. The number of pyridine rings is 1. The summed E-state index contributed by atoms with van der Waals surface area (Å²) in [4.78, 5) is 11.1. The molecule has 3 aliphatic heterocycles. The second kappa shape index (κ2) is 5.61. The van der Waals surface area contributed by atoms with Crippen molar-refractivity contribution in [2.75, 3.05) is 32.0 Å². The zero-order chi connectivity index (χ0) is 14.9. The number of nitrogens with one attached hydrogen (secondary N) is 1. The highest BCUT2D eigenvalue weighted by Crippen LogP contribution is 2.30. The molecule has 3 fully saturated rings. The van der Waals surface area contributed by atoms with E-state index in [4.69, 9.17) is 9.15 Å². The molecular weight excluding hydrogens is 280 g/mol. The van der Waals surface area contributed by atoms with Crippen LogP contribution in [0.1, 0.15) is 12.8 Å². The highest BCUT2D eigenvalue weighted by atomic mass is 16.5. The maximum atomic E-state index is 6.13. The number of amidine groups is 1. The number of hydrogen-bond donors (Lipinski definition) is 1. The lowest BCUT2D eigenvalue weighted by atomic mass is 9.86. The summed E-state index contributed by atoms with van der Waals surface area (Å²) >= 11 is 0. The Morgan fingerprint density at radius 3 is 3.00 bits per heavy atom. The number of hydrogen-bond acceptors (Lipinski definition) is 5. The van der Waals surface area contributed by atoms with Crippen LogP contribution in [-0.2, 0) is 4.74 Å². The van der Waals surface area contributed by atoms with Crippen molar-refractivity contribution in [2.45, 2.75) is 18.9 Å². The maximum Gasteiger partial charge on any atom is 0.290 e. The molecule has 5 rings (SSSR count). The minimum atomic E-state index is 0.220.